The summed E-state index contributed by atoms with van der Waals surface area (Å²) >= 11 is 1.30. The molecular formula is C14H16N2O4S. The molecule has 2 heterocycles. The van der Waals surface area contributed by atoms with Crippen molar-refractivity contribution in [2.24, 2.45) is 0 Å². The molecule has 6 nitrogen and oxygen atoms in total. The predicted octanol–water partition coefficient (Wildman–Crippen LogP) is 1.20. The fourth-order valence-electron chi connectivity index (χ4n) is 2.32. The first-order chi connectivity index (χ1) is 10.0. The fraction of sp³-hybridized carbons (Fsp3) is 0.357. The minimum absolute atomic E-state index is 0.151. The van der Waals surface area contributed by atoms with E-state index in [9.17, 15) is 14.4 Å². The third-order valence-electron chi connectivity index (χ3n) is 3.32. The van der Waals surface area contributed by atoms with Crippen LogP contribution in [0.25, 0.3) is 6.08 Å². The molecule has 7 heteroatoms. The number of nitrogens with zero attached hydrogens (tertiary/aromatic N) is 1. The van der Waals surface area contributed by atoms with Gasteiger partial charge in [-0.2, -0.15) is 0 Å². The van der Waals surface area contributed by atoms with Gasteiger partial charge in [0.05, 0.1) is 5.56 Å². The maximum Gasteiger partial charge on any atom is 0.328 e. The van der Waals surface area contributed by atoms with Crippen molar-refractivity contribution in [3.8, 4) is 0 Å². The number of carbonyl (C=O) groups excluding carboxylic acids is 2. The van der Waals surface area contributed by atoms with Gasteiger partial charge in [-0.1, -0.05) is 0 Å². The highest BCUT2D eigenvalue weighted by Crippen LogP contribution is 2.23. The maximum atomic E-state index is 12.4. The zero-order valence-corrected chi connectivity index (χ0v) is 12.4. The van der Waals surface area contributed by atoms with E-state index in [0.29, 0.717) is 23.4 Å². The molecule has 1 aromatic heterocycles. The number of nitrogens with one attached hydrogen (secondary N) is 1. The molecule has 2 rings (SSSR count). The van der Waals surface area contributed by atoms with Crippen LogP contribution in [0.4, 0.5) is 0 Å². The number of rotatable bonds is 4. The zero-order valence-electron chi connectivity index (χ0n) is 11.5. The van der Waals surface area contributed by atoms with Crippen LogP contribution in [0, 0.1) is 0 Å². The molecule has 0 saturated carbocycles. The van der Waals surface area contributed by atoms with Crippen LogP contribution in [0.5, 0.6) is 0 Å². The Morgan fingerprint density at radius 2 is 2.24 bits per heavy atom. The molecule has 2 amide bonds. The van der Waals surface area contributed by atoms with E-state index in [0.717, 1.165) is 12.5 Å². The number of likely N-dealkylation sites (tertiary alicyclic amines) is 1. The van der Waals surface area contributed by atoms with Crippen LogP contribution in [0.2, 0.25) is 0 Å². The van der Waals surface area contributed by atoms with Gasteiger partial charge in [0.1, 0.15) is 6.04 Å². The van der Waals surface area contributed by atoms with Crippen LogP contribution in [0.1, 0.15) is 28.1 Å². The minimum Gasteiger partial charge on any atom is -0.478 e. The Morgan fingerprint density at radius 3 is 2.90 bits per heavy atom. The minimum atomic E-state index is -1.03. The standard InChI is InChI=1S/C14H16N2O4S/c1-15-13(19)11-3-2-6-16(11)14(20)9-7-10(21-8-9)4-5-12(17)18/h4-5,7-8,11H,2-3,6H2,1H3,(H,15,19)(H,17,18). The lowest BCUT2D eigenvalue weighted by Gasteiger charge is -2.22. The quantitative estimate of drug-likeness (QED) is 0.818. The number of amides is 2. The van der Waals surface area contributed by atoms with Crippen molar-refractivity contribution < 1.29 is 19.5 Å². The second-order valence-electron chi connectivity index (χ2n) is 4.68. The molecule has 1 fully saturated rings. The summed E-state index contributed by atoms with van der Waals surface area (Å²) in [6, 6.07) is 1.23. The molecule has 1 unspecified atom stereocenters. The molecule has 1 saturated heterocycles. The summed E-state index contributed by atoms with van der Waals surface area (Å²) in [7, 11) is 1.56. The number of thiophene rings is 1. The number of carboxylic acids is 1. The first-order valence-electron chi connectivity index (χ1n) is 6.55. The molecule has 0 spiro atoms. The Labute approximate surface area is 126 Å². The lowest BCUT2D eigenvalue weighted by Crippen LogP contribution is -2.44. The van der Waals surface area contributed by atoms with Crippen LogP contribution in [-0.4, -0.2) is 47.4 Å². The monoisotopic (exact) mass is 308 g/mol. The van der Waals surface area contributed by atoms with Crippen LogP contribution < -0.4 is 5.32 Å². The number of carbonyl (C=O) groups is 3. The molecule has 0 bridgehead atoms. The SMILES string of the molecule is CNC(=O)C1CCCN1C(=O)c1csc(C=CC(=O)O)c1. The van der Waals surface area contributed by atoms with Crippen molar-refractivity contribution in [2.75, 3.05) is 13.6 Å². The smallest absolute Gasteiger partial charge is 0.328 e. The Balaban J connectivity index is 2.13. The van der Waals surface area contributed by atoms with E-state index in [1.54, 1.807) is 23.4 Å². The first kappa shape index (κ1) is 15.2. The van der Waals surface area contributed by atoms with Crippen molar-refractivity contribution in [1.82, 2.24) is 10.2 Å². The second-order valence-corrected chi connectivity index (χ2v) is 5.62. The van der Waals surface area contributed by atoms with Gasteiger partial charge in [-0.25, -0.2) is 4.79 Å². The summed E-state index contributed by atoms with van der Waals surface area (Å²) in [6.45, 7) is 0.563. The van der Waals surface area contributed by atoms with E-state index >= 15 is 0 Å². The lowest BCUT2D eigenvalue weighted by atomic mass is 10.2. The number of carboxylic acid groups (broad SMARTS) is 1. The van der Waals surface area contributed by atoms with Gasteiger partial charge in [0.25, 0.3) is 5.91 Å². The summed E-state index contributed by atoms with van der Waals surface area (Å²) in [5, 5.41) is 12.8. The lowest BCUT2D eigenvalue weighted by molar-refractivity contribution is -0.131. The highest BCUT2D eigenvalue weighted by molar-refractivity contribution is 7.11. The number of hydrogen-bond donors (Lipinski definition) is 2. The topological polar surface area (TPSA) is 86.7 Å². The normalized spacial score (nSPS) is 18.1. The van der Waals surface area contributed by atoms with Crippen molar-refractivity contribution in [3.05, 3.63) is 28.0 Å². The third-order valence-corrected chi connectivity index (χ3v) is 4.22. The summed E-state index contributed by atoms with van der Waals surface area (Å²) < 4.78 is 0. The predicted molar refractivity (Wildman–Crippen MR) is 79.1 cm³/mol. The second kappa shape index (κ2) is 6.53. The Kier molecular flexibility index (Phi) is 4.74. The van der Waals surface area contributed by atoms with Gasteiger partial charge in [-0.05, 0) is 25.0 Å². The van der Waals surface area contributed by atoms with Gasteiger partial charge in [0.15, 0.2) is 0 Å². The Morgan fingerprint density at radius 1 is 1.48 bits per heavy atom. The van der Waals surface area contributed by atoms with Crippen LogP contribution in [-0.2, 0) is 9.59 Å². The van der Waals surface area contributed by atoms with Crippen LogP contribution >= 0.6 is 11.3 Å². The van der Waals surface area contributed by atoms with Gasteiger partial charge in [-0.3, -0.25) is 9.59 Å². The molecule has 112 valence electrons. The molecule has 21 heavy (non-hydrogen) atoms. The van der Waals surface area contributed by atoms with Crippen molar-refractivity contribution >= 4 is 35.2 Å². The van der Waals surface area contributed by atoms with Gasteiger partial charge in [0, 0.05) is 29.9 Å². The molecule has 1 atom stereocenters. The highest BCUT2D eigenvalue weighted by Gasteiger charge is 2.34. The maximum absolute atomic E-state index is 12.4. The van der Waals surface area contributed by atoms with Crippen molar-refractivity contribution in [2.45, 2.75) is 18.9 Å². The van der Waals surface area contributed by atoms with E-state index in [-0.39, 0.29) is 11.8 Å². The number of aliphatic carboxylic acids is 1. The number of likely N-dealkylation sites (N-methyl/N-ethyl adjacent to an activating group) is 1. The highest BCUT2D eigenvalue weighted by atomic mass is 32.1. The average molecular weight is 308 g/mol. The molecule has 1 aliphatic rings. The van der Waals surface area contributed by atoms with Crippen LogP contribution in [0.15, 0.2) is 17.5 Å². The van der Waals surface area contributed by atoms with Gasteiger partial charge in [-0.15, -0.1) is 11.3 Å². The summed E-state index contributed by atoms with van der Waals surface area (Å²) in [4.78, 5) is 36.9. The number of hydrogen-bond acceptors (Lipinski definition) is 4. The molecule has 1 aromatic rings. The Bertz CT molecular complexity index is 594. The molecule has 0 radical (unpaired) electrons. The average Bonchev–Trinajstić information content (AvgIpc) is 3.12. The first-order valence-corrected chi connectivity index (χ1v) is 7.43. The van der Waals surface area contributed by atoms with Gasteiger partial charge < -0.3 is 15.3 Å². The fourth-order valence-corrected chi connectivity index (χ4v) is 3.09. The van der Waals surface area contributed by atoms with E-state index in [2.05, 4.69) is 5.32 Å². The Hall–Kier alpha value is -2.15. The molecule has 2 N–H and O–H groups in total. The summed E-state index contributed by atoms with van der Waals surface area (Å²) in [5.41, 5.74) is 0.487. The third kappa shape index (κ3) is 3.49. The van der Waals surface area contributed by atoms with Gasteiger partial charge >= 0.3 is 5.97 Å². The largest absolute Gasteiger partial charge is 0.478 e. The molecular weight excluding hydrogens is 292 g/mol. The van der Waals surface area contributed by atoms with Crippen molar-refractivity contribution in [1.29, 1.82) is 0 Å². The molecule has 0 aromatic carbocycles. The zero-order chi connectivity index (χ0) is 15.4. The van der Waals surface area contributed by atoms with E-state index < -0.39 is 12.0 Å². The van der Waals surface area contributed by atoms with E-state index in [1.807, 2.05) is 0 Å². The molecule has 1 aliphatic heterocycles. The summed E-state index contributed by atoms with van der Waals surface area (Å²) in [5.74, 6) is -1.37. The molecule has 0 aliphatic carbocycles. The van der Waals surface area contributed by atoms with E-state index in [4.69, 9.17) is 5.11 Å². The summed E-state index contributed by atoms with van der Waals surface area (Å²) in [6.07, 6.45) is 3.95. The van der Waals surface area contributed by atoms with Crippen LogP contribution in [0.3, 0.4) is 0 Å². The van der Waals surface area contributed by atoms with Crippen molar-refractivity contribution in [3.63, 3.8) is 0 Å². The van der Waals surface area contributed by atoms with Gasteiger partial charge in [0.2, 0.25) is 5.91 Å². The van der Waals surface area contributed by atoms with E-state index in [1.165, 1.54) is 17.4 Å².